The van der Waals surface area contributed by atoms with Crippen LogP contribution >= 0.6 is 11.6 Å². The molecule has 2 N–H and O–H groups in total. The molecule has 6 heteroatoms. The smallest absolute Gasteiger partial charge is 0.216 e. The van der Waals surface area contributed by atoms with Gasteiger partial charge in [0.1, 0.15) is 5.82 Å². The molecule has 1 fully saturated rings. The van der Waals surface area contributed by atoms with Crippen molar-refractivity contribution in [1.82, 2.24) is 10.6 Å². The van der Waals surface area contributed by atoms with Crippen molar-refractivity contribution in [3.63, 3.8) is 0 Å². The summed E-state index contributed by atoms with van der Waals surface area (Å²) in [6.07, 6.45) is -0.213. The van der Waals surface area contributed by atoms with E-state index in [0.29, 0.717) is 13.2 Å². The number of nitrogens with one attached hydrogen (secondary N) is 2. The number of ether oxygens (including phenoxy) is 1. The molecule has 4 nitrogen and oxygen atoms in total. The molecular weight excluding hydrogens is 283 g/mol. The lowest BCUT2D eigenvalue weighted by Crippen LogP contribution is -2.35. The van der Waals surface area contributed by atoms with E-state index >= 15 is 0 Å². The Morgan fingerprint density at radius 1 is 1.60 bits per heavy atom. The van der Waals surface area contributed by atoms with E-state index in [1.165, 1.54) is 13.0 Å². The minimum atomic E-state index is -0.444. The third-order valence-electron chi connectivity index (χ3n) is 3.30. The normalized spacial score (nSPS) is 23.1. The molecule has 0 aromatic heterocycles. The number of rotatable bonds is 3. The number of benzene rings is 1. The van der Waals surface area contributed by atoms with Crippen molar-refractivity contribution in [2.75, 3.05) is 26.2 Å². The van der Waals surface area contributed by atoms with Crippen molar-refractivity contribution in [2.24, 2.45) is 5.92 Å². The Hall–Kier alpha value is -1.17. The maximum absolute atomic E-state index is 13.3. The summed E-state index contributed by atoms with van der Waals surface area (Å²) in [5.41, 5.74) is 0.829. The third kappa shape index (κ3) is 3.91. The summed E-state index contributed by atoms with van der Waals surface area (Å²) in [6.45, 7) is 4.02. The van der Waals surface area contributed by atoms with Crippen molar-refractivity contribution >= 4 is 17.5 Å². The second-order valence-electron chi connectivity index (χ2n) is 4.87. The van der Waals surface area contributed by atoms with Crippen LogP contribution < -0.4 is 10.6 Å². The topological polar surface area (TPSA) is 50.4 Å². The van der Waals surface area contributed by atoms with Crippen LogP contribution in [0, 0.1) is 11.7 Å². The first-order chi connectivity index (χ1) is 9.58. The Kier molecular flexibility index (Phi) is 5.34. The van der Waals surface area contributed by atoms with Gasteiger partial charge in [-0.1, -0.05) is 17.7 Å². The Bertz CT molecular complexity index is 484. The highest BCUT2D eigenvalue weighted by molar-refractivity contribution is 6.30. The molecular formula is C14H18ClFN2O2. The van der Waals surface area contributed by atoms with Gasteiger partial charge in [-0.2, -0.15) is 0 Å². The molecule has 2 rings (SSSR count). The first-order valence-electron chi connectivity index (χ1n) is 6.59. The highest BCUT2D eigenvalue weighted by Crippen LogP contribution is 2.29. The molecule has 1 heterocycles. The molecule has 0 unspecified atom stereocenters. The van der Waals surface area contributed by atoms with Gasteiger partial charge in [-0.3, -0.25) is 4.79 Å². The molecule has 1 aliphatic rings. The molecule has 110 valence electrons. The van der Waals surface area contributed by atoms with E-state index in [-0.39, 0.29) is 23.0 Å². The molecule has 0 radical (unpaired) electrons. The average molecular weight is 301 g/mol. The largest absolute Gasteiger partial charge is 0.372 e. The fraction of sp³-hybridized carbons (Fsp3) is 0.500. The SMILES string of the molecule is CC(=O)NC[C@H]1CNCCO[C@@H]1c1ccc(F)c(Cl)c1. The van der Waals surface area contributed by atoms with Gasteiger partial charge < -0.3 is 15.4 Å². The fourth-order valence-electron chi connectivity index (χ4n) is 2.30. The number of carbonyl (C=O) groups is 1. The summed E-state index contributed by atoms with van der Waals surface area (Å²) in [6, 6.07) is 4.61. The zero-order valence-corrected chi connectivity index (χ0v) is 12.0. The lowest BCUT2D eigenvalue weighted by atomic mass is 9.95. The molecule has 1 saturated heterocycles. The molecule has 0 bridgehead atoms. The molecule has 0 spiro atoms. The molecule has 1 aromatic rings. The van der Waals surface area contributed by atoms with Crippen LogP contribution in [0.15, 0.2) is 18.2 Å². The third-order valence-corrected chi connectivity index (χ3v) is 3.59. The maximum atomic E-state index is 13.3. The van der Waals surface area contributed by atoms with Crippen molar-refractivity contribution in [2.45, 2.75) is 13.0 Å². The molecule has 1 amide bonds. The second-order valence-corrected chi connectivity index (χ2v) is 5.27. The Morgan fingerprint density at radius 2 is 2.40 bits per heavy atom. The summed E-state index contributed by atoms with van der Waals surface area (Å²) < 4.78 is 19.1. The van der Waals surface area contributed by atoms with Crippen LogP contribution in [0.2, 0.25) is 5.02 Å². The second kappa shape index (κ2) is 7.02. The van der Waals surface area contributed by atoms with Crippen molar-refractivity contribution in [1.29, 1.82) is 0 Å². The Labute approximate surface area is 122 Å². The predicted molar refractivity (Wildman–Crippen MR) is 75.1 cm³/mol. The lowest BCUT2D eigenvalue weighted by Gasteiger charge is -2.25. The fourth-order valence-corrected chi connectivity index (χ4v) is 2.49. The van der Waals surface area contributed by atoms with Crippen LogP contribution in [0.1, 0.15) is 18.6 Å². The first kappa shape index (κ1) is 15.2. The summed E-state index contributed by atoms with van der Waals surface area (Å²) in [5, 5.41) is 6.15. The summed E-state index contributed by atoms with van der Waals surface area (Å²) in [7, 11) is 0. The van der Waals surface area contributed by atoms with Gasteiger partial charge in [-0.25, -0.2) is 4.39 Å². The monoisotopic (exact) mass is 300 g/mol. The molecule has 0 aliphatic carbocycles. The average Bonchev–Trinajstić information content (AvgIpc) is 2.65. The van der Waals surface area contributed by atoms with Crippen molar-refractivity contribution < 1.29 is 13.9 Å². The standard InChI is InChI=1S/C14H18ClFN2O2/c1-9(19)18-8-11-7-17-4-5-20-14(11)10-2-3-13(16)12(15)6-10/h2-3,6,11,14,17H,4-5,7-8H2,1H3,(H,18,19)/t11-,14-/m1/s1. The van der Waals surface area contributed by atoms with E-state index in [0.717, 1.165) is 18.7 Å². The van der Waals surface area contributed by atoms with E-state index in [1.807, 2.05) is 0 Å². The Balaban J connectivity index is 2.18. The van der Waals surface area contributed by atoms with Gasteiger partial charge in [0.15, 0.2) is 0 Å². The van der Waals surface area contributed by atoms with Gasteiger partial charge in [0.05, 0.1) is 17.7 Å². The summed E-state index contributed by atoms with van der Waals surface area (Å²) >= 11 is 5.83. The quantitative estimate of drug-likeness (QED) is 0.896. The molecule has 0 saturated carbocycles. The Morgan fingerprint density at radius 3 is 3.10 bits per heavy atom. The molecule has 20 heavy (non-hydrogen) atoms. The predicted octanol–water partition coefficient (Wildman–Crippen LogP) is 1.89. The van der Waals surface area contributed by atoms with Gasteiger partial charge in [0, 0.05) is 32.5 Å². The zero-order valence-electron chi connectivity index (χ0n) is 11.3. The zero-order chi connectivity index (χ0) is 14.5. The van der Waals surface area contributed by atoms with E-state index < -0.39 is 5.82 Å². The van der Waals surface area contributed by atoms with E-state index in [1.54, 1.807) is 12.1 Å². The van der Waals surface area contributed by atoms with Crippen molar-refractivity contribution in [3.8, 4) is 0 Å². The highest BCUT2D eigenvalue weighted by atomic mass is 35.5. The number of hydrogen-bond donors (Lipinski definition) is 2. The van der Waals surface area contributed by atoms with E-state index in [4.69, 9.17) is 16.3 Å². The number of halogens is 2. The van der Waals surface area contributed by atoms with Crippen LogP contribution in [-0.4, -0.2) is 32.1 Å². The molecule has 2 atom stereocenters. The summed E-state index contributed by atoms with van der Waals surface area (Å²) in [5.74, 6) is -0.450. The number of hydrogen-bond acceptors (Lipinski definition) is 3. The summed E-state index contributed by atoms with van der Waals surface area (Å²) in [4.78, 5) is 11.1. The maximum Gasteiger partial charge on any atom is 0.216 e. The van der Waals surface area contributed by atoms with Crippen LogP contribution in [0.5, 0.6) is 0 Å². The minimum Gasteiger partial charge on any atom is -0.372 e. The number of amides is 1. The van der Waals surface area contributed by atoms with Gasteiger partial charge in [-0.05, 0) is 17.7 Å². The van der Waals surface area contributed by atoms with Gasteiger partial charge in [0.2, 0.25) is 5.91 Å². The highest BCUT2D eigenvalue weighted by Gasteiger charge is 2.26. The van der Waals surface area contributed by atoms with Gasteiger partial charge >= 0.3 is 0 Å². The lowest BCUT2D eigenvalue weighted by molar-refractivity contribution is -0.119. The number of carbonyl (C=O) groups excluding carboxylic acids is 1. The van der Waals surface area contributed by atoms with Gasteiger partial charge in [-0.15, -0.1) is 0 Å². The minimum absolute atomic E-state index is 0.0722. The van der Waals surface area contributed by atoms with Crippen LogP contribution in [0.3, 0.4) is 0 Å². The molecule has 1 aliphatic heterocycles. The van der Waals surface area contributed by atoms with E-state index in [9.17, 15) is 9.18 Å². The van der Waals surface area contributed by atoms with Gasteiger partial charge in [0.25, 0.3) is 0 Å². The van der Waals surface area contributed by atoms with Crippen LogP contribution in [0.25, 0.3) is 0 Å². The first-order valence-corrected chi connectivity index (χ1v) is 6.97. The molecule has 1 aromatic carbocycles. The van der Waals surface area contributed by atoms with Crippen LogP contribution in [-0.2, 0) is 9.53 Å². The van der Waals surface area contributed by atoms with E-state index in [2.05, 4.69) is 10.6 Å². The van der Waals surface area contributed by atoms with Crippen LogP contribution in [0.4, 0.5) is 4.39 Å². The van der Waals surface area contributed by atoms with Crippen molar-refractivity contribution in [3.05, 3.63) is 34.6 Å².